The summed E-state index contributed by atoms with van der Waals surface area (Å²) < 4.78 is 0. The minimum Gasteiger partial charge on any atom is -0.388 e. The molecule has 17 heavy (non-hydrogen) atoms. The van der Waals surface area contributed by atoms with Gasteiger partial charge in [-0.25, -0.2) is 0 Å². The van der Waals surface area contributed by atoms with E-state index in [1.54, 1.807) is 0 Å². The zero-order valence-electron chi connectivity index (χ0n) is 11.4. The largest absolute Gasteiger partial charge is 0.388 e. The van der Waals surface area contributed by atoms with E-state index >= 15 is 0 Å². The number of carbonyl (C=O) groups is 1. The molecule has 3 N–H and O–H groups in total. The van der Waals surface area contributed by atoms with Crippen molar-refractivity contribution in [3.05, 3.63) is 0 Å². The summed E-state index contributed by atoms with van der Waals surface area (Å²) in [5, 5.41) is 7.36. The fourth-order valence-electron chi connectivity index (χ4n) is 2.65. The summed E-state index contributed by atoms with van der Waals surface area (Å²) in [7, 11) is 0. The van der Waals surface area contributed by atoms with Crippen LogP contribution >= 0.6 is 0 Å². The highest BCUT2D eigenvalue weighted by atomic mass is 16.1. The summed E-state index contributed by atoms with van der Waals surface area (Å²) in [5.41, 5.74) is 5.46. The molecule has 4 nitrogen and oxygen atoms in total. The molecule has 1 heterocycles. The van der Waals surface area contributed by atoms with Crippen LogP contribution in [-0.4, -0.2) is 35.1 Å². The lowest BCUT2D eigenvalue weighted by atomic mass is 9.95. The summed E-state index contributed by atoms with van der Waals surface area (Å²) in [6.45, 7) is 9.05. The van der Waals surface area contributed by atoms with Gasteiger partial charge in [-0.1, -0.05) is 13.8 Å². The molecule has 0 unspecified atom stereocenters. The quantitative estimate of drug-likeness (QED) is 0.566. The molecule has 1 rings (SSSR count). The number of amidine groups is 1. The summed E-state index contributed by atoms with van der Waals surface area (Å²) in [4.78, 5) is 14.4. The van der Waals surface area contributed by atoms with Gasteiger partial charge in [-0.3, -0.25) is 15.1 Å². The molecule has 0 bridgehead atoms. The van der Waals surface area contributed by atoms with Gasteiger partial charge in [0.1, 0.15) is 0 Å². The highest BCUT2D eigenvalue weighted by molar-refractivity contribution is 5.86. The van der Waals surface area contributed by atoms with E-state index in [4.69, 9.17) is 11.1 Å². The summed E-state index contributed by atoms with van der Waals surface area (Å²) in [6, 6.07) is 0.402. The minimum atomic E-state index is 0.0272. The van der Waals surface area contributed by atoms with Gasteiger partial charge in [-0.05, 0) is 26.2 Å². The predicted molar refractivity (Wildman–Crippen MR) is 70.1 cm³/mol. The average molecular weight is 239 g/mol. The number of ketones is 1. The lowest BCUT2D eigenvalue weighted by Crippen LogP contribution is -2.42. The number of likely N-dealkylation sites (tertiary alicyclic amines) is 1. The fourth-order valence-corrected chi connectivity index (χ4v) is 2.65. The molecule has 0 aliphatic carbocycles. The molecule has 1 aliphatic rings. The van der Waals surface area contributed by atoms with E-state index in [0.29, 0.717) is 24.2 Å². The van der Waals surface area contributed by atoms with Crippen molar-refractivity contribution in [2.45, 2.75) is 52.6 Å². The van der Waals surface area contributed by atoms with E-state index in [9.17, 15) is 4.79 Å². The third-order valence-electron chi connectivity index (χ3n) is 3.50. The molecular weight excluding hydrogens is 214 g/mol. The van der Waals surface area contributed by atoms with Crippen LogP contribution in [0.2, 0.25) is 0 Å². The molecule has 0 aromatic carbocycles. The SMILES string of the molecule is CC(C)C(=O)[C@@H]1C[C@@H](CC(=N)N)CN1C(C)C. The highest BCUT2D eigenvalue weighted by Gasteiger charge is 2.38. The van der Waals surface area contributed by atoms with Gasteiger partial charge in [-0.15, -0.1) is 0 Å². The van der Waals surface area contributed by atoms with Crippen LogP contribution in [0.5, 0.6) is 0 Å². The number of Topliss-reactive ketones (excluding diaryl/α,β-unsaturated/α-hetero) is 1. The van der Waals surface area contributed by atoms with E-state index in [2.05, 4.69) is 18.7 Å². The van der Waals surface area contributed by atoms with Crippen LogP contribution < -0.4 is 5.73 Å². The summed E-state index contributed by atoms with van der Waals surface area (Å²) >= 11 is 0. The summed E-state index contributed by atoms with van der Waals surface area (Å²) in [5.74, 6) is 1.00. The number of nitrogens with zero attached hydrogens (tertiary/aromatic N) is 1. The molecule has 0 aromatic rings. The highest BCUT2D eigenvalue weighted by Crippen LogP contribution is 2.29. The first kappa shape index (κ1) is 14.2. The zero-order chi connectivity index (χ0) is 13.2. The van der Waals surface area contributed by atoms with E-state index in [-0.39, 0.29) is 17.8 Å². The third kappa shape index (κ3) is 3.53. The molecule has 4 heteroatoms. The fraction of sp³-hybridized carbons (Fsp3) is 0.846. The third-order valence-corrected chi connectivity index (χ3v) is 3.50. The second kappa shape index (κ2) is 5.63. The Kier molecular flexibility index (Phi) is 4.69. The van der Waals surface area contributed by atoms with Crippen molar-refractivity contribution in [1.29, 1.82) is 5.41 Å². The number of nitrogens with two attached hydrogens (primary N) is 1. The second-order valence-corrected chi connectivity index (χ2v) is 5.69. The lowest BCUT2D eigenvalue weighted by molar-refractivity contribution is -0.126. The topological polar surface area (TPSA) is 70.2 Å². The van der Waals surface area contributed by atoms with Crippen molar-refractivity contribution in [2.75, 3.05) is 6.54 Å². The van der Waals surface area contributed by atoms with E-state index in [1.165, 1.54) is 0 Å². The molecule has 1 aliphatic heterocycles. The Morgan fingerprint density at radius 2 is 2.00 bits per heavy atom. The predicted octanol–water partition coefficient (Wildman–Crippen LogP) is 1.64. The van der Waals surface area contributed by atoms with Gasteiger partial charge >= 0.3 is 0 Å². The van der Waals surface area contributed by atoms with Crippen LogP contribution in [0.15, 0.2) is 0 Å². The number of carbonyl (C=O) groups excluding carboxylic acids is 1. The molecule has 98 valence electrons. The van der Waals surface area contributed by atoms with Crippen molar-refractivity contribution < 1.29 is 4.79 Å². The van der Waals surface area contributed by atoms with Gasteiger partial charge in [0.25, 0.3) is 0 Å². The number of rotatable bonds is 5. The smallest absolute Gasteiger partial charge is 0.152 e. The standard InChI is InChI=1S/C13H25N3O/c1-8(2)13(17)11-5-10(6-12(14)15)7-16(11)9(3)4/h8-11H,5-7H2,1-4H3,(H3,14,15)/t10-,11-/m0/s1. The zero-order valence-corrected chi connectivity index (χ0v) is 11.4. The first-order chi connectivity index (χ1) is 7.82. The lowest BCUT2D eigenvalue weighted by Gasteiger charge is -2.28. The van der Waals surface area contributed by atoms with Crippen molar-refractivity contribution in [3.63, 3.8) is 0 Å². The van der Waals surface area contributed by atoms with Gasteiger partial charge in [0.2, 0.25) is 0 Å². The maximum Gasteiger partial charge on any atom is 0.152 e. The maximum absolute atomic E-state index is 12.2. The molecule has 0 spiro atoms. The monoisotopic (exact) mass is 239 g/mol. The Morgan fingerprint density at radius 1 is 1.41 bits per heavy atom. The Hall–Kier alpha value is -0.900. The summed E-state index contributed by atoms with van der Waals surface area (Å²) in [6.07, 6.45) is 1.47. The van der Waals surface area contributed by atoms with Gasteiger partial charge in [0.15, 0.2) is 5.78 Å². The Balaban J connectivity index is 2.74. The van der Waals surface area contributed by atoms with Crippen molar-refractivity contribution >= 4 is 11.6 Å². The molecule has 1 saturated heterocycles. The van der Waals surface area contributed by atoms with Gasteiger partial charge in [0, 0.05) is 24.9 Å². The first-order valence-electron chi connectivity index (χ1n) is 6.45. The number of hydrogen-bond donors (Lipinski definition) is 2. The Bertz CT molecular complexity index is 299. The van der Waals surface area contributed by atoms with E-state index < -0.39 is 0 Å². The van der Waals surface area contributed by atoms with Gasteiger partial charge in [0.05, 0.1) is 11.9 Å². The molecule has 1 fully saturated rings. The van der Waals surface area contributed by atoms with Crippen LogP contribution in [0, 0.1) is 17.2 Å². The van der Waals surface area contributed by atoms with Crippen LogP contribution in [0.4, 0.5) is 0 Å². The first-order valence-corrected chi connectivity index (χ1v) is 6.45. The van der Waals surface area contributed by atoms with Crippen molar-refractivity contribution in [3.8, 4) is 0 Å². The molecule has 0 radical (unpaired) electrons. The normalized spacial score (nSPS) is 25.8. The molecule has 0 saturated carbocycles. The van der Waals surface area contributed by atoms with Gasteiger partial charge in [-0.2, -0.15) is 0 Å². The average Bonchev–Trinajstić information content (AvgIpc) is 2.59. The Morgan fingerprint density at radius 3 is 2.41 bits per heavy atom. The molecular formula is C13H25N3O. The molecule has 0 aromatic heterocycles. The van der Waals surface area contributed by atoms with E-state index in [0.717, 1.165) is 13.0 Å². The van der Waals surface area contributed by atoms with Crippen LogP contribution in [0.3, 0.4) is 0 Å². The van der Waals surface area contributed by atoms with Crippen molar-refractivity contribution in [2.24, 2.45) is 17.6 Å². The van der Waals surface area contributed by atoms with Gasteiger partial charge < -0.3 is 5.73 Å². The molecule has 2 atom stereocenters. The number of nitrogens with one attached hydrogen (secondary N) is 1. The van der Waals surface area contributed by atoms with Crippen LogP contribution in [-0.2, 0) is 4.79 Å². The Labute approximate surface area is 104 Å². The van der Waals surface area contributed by atoms with Crippen LogP contribution in [0.25, 0.3) is 0 Å². The van der Waals surface area contributed by atoms with Crippen LogP contribution in [0.1, 0.15) is 40.5 Å². The maximum atomic E-state index is 12.2. The minimum absolute atomic E-state index is 0.0272. The van der Waals surface area contributed by atoms with Crippen molar-refractivity contribution in [1.82, 2.24) is 4.90 Å². The number of hydrogen-bond acceptors (Lipinski definition) is 3. The van der Waals surface area contributed by atoms with E-state index in [1.807, 2.05) is 13.8 Å². The molecule has 0 amide bonds. The second-order valence-electron chi connectivity index (χ2n) is 5.69.